The van der Waals surface area contributed by atoms with E-state index in [4.69, 9.17) is 0 Å². The fourth-order valence-electron chi connectivity index (χ4n) is 1.03. The molecule has 0 saturated carbocycles. The van der Waals surface area contributed by atoms with Gasteiger partial charge in [-0.2, -0.15) is 0 Å². The van der Waals surface area contributed by atoms with Crippen LogP contribution in [0.1, 0.15) is 12.2 Å². The molecule has 0 radical (unpaired) electrons. The molecule has 0 aliphatic rings. The van der Waals surface area contributed by atoms with Crippen LogP contribution in [-0.4, -0.2) is 24.5 Å². The minimum atomic E-state index is -3.46. The second kappa shape index (κ2) is 4.59. The smallest absolute Gasteiger partial charge is 0.259 e. The SMILES string of the molecule is C=CCCNS(=O)(=O)c1cn(C)c(C)n1. The average Bonchev–Trinajstić information content (AvgIpc) is 2.48. The van der Waals surface area contributed by atoms with Gasteiger partial charge in [0, 0.05) is 19.8 Å². The molecule has 1 aromatic heterocycles. The molecule has 0 spiro atoms. The Morgan fingerprint density at radius 2 is 2.33 bits per heavy atom. The van der Waals surface area contributed by atoms with Gasteiger partial charge in [-0.15, -0.1) is 6.58 Å². The van der Waals surface area contributed by atoms with E-state index in [1.165, 1.54) is 6.20 Å². The van der Waals surface area contributed by atoms with Crippen LogP contribution in [-0.2, 0) is 17.1 Å². The topological polar surface area (TPSA) is 64.0 Å². The van der Waals surface area contributed by atoms with Crippen molar-refractivity contribution in [1.29, 1.82) is 0 Å². The Balaban J connectivity index is 2.82. The van der Waals surface area contributed by atoms with Gasteiger partial charge in [-0.1, -0.05) is 6.08 Å². The maximum Gasteiger partial charge on any atom is 0.259 e. The Morgan fingerprint density at radius 1 is 1.67 bits per heavy atom. The van der Waals surface area contributed by atoms with E-state index in [-0.39, 0.29) is 5.03 Å². The molecule has 0 aliphatic heterocycles. The number of aryl methyl sites for hydroxylation is 2. The van der Waals surface area contributed by atoms with Gasteiger partial charge in [-0.05, 0) is 13.3 Å². The summed E-state index contributed by atoms with van der Waals surface area (Å²) in [5.41, 5.74) is 0. The lowest BCUT2D eigenvalue weighted by Crippen LogP contribution is -2.24. The molecule has 0 fully saturated rings. The molecule has 84 valence electrons. The number of rotatable bonds is 5. The molecular weight excluding hydrogens is 214 g/mol. The van der Waals surface area contributed by atoms with E-state index in [0.29, 0.717) is 18.8 Å². The van der Waals surface area contributed by atoms with Gasteiger partial charge < -0.3 is 4.57 Å². The Hall–Kier alpha value is -1.14. The lowest BCUT2D eigenvalue weighted by Gasteiger charge is -2.00. The first kappa shape index (κ1) is 11.9. The second-order valence-corrected chi connectivity index (χ2v) is 4.93. The van der Waals surface area contributed by atoms with Gasteiger partial charge in [-0.25, -0.2) is 18.1 Å². The van der Waals surface area contributed by atoms with Gasteiger partial charge in [0.2, 0.25) is 0 Å². The number of nitrogens with one attached hydrogen (secondary N) is 1. The van der Waals surface area contributed by atoms with Gasteiger partial charge in [0.1, 0.15) is 5.82 Å². The van der Waals surface area contributed by atoms with E-state index in [0.717, 1.165) is 0 Å². The summed E-state index contributed by atoms with van der Waals surface area (Å²) in [5, 5.41) is 0.0616. The van der Waals surface area contributed by atoms with Crippen molar-refractivity contribution in [3.8, 4) is 0 Å². The normalized spacial score (nSPS) is 11.6. The van der Waals surface area contributed by atoms with Crippen LogP contribution in [0.3, 0.4) is 0 Å². The standard InChI is InChI=1S/C9H15N3O2S/c1-4-5-6-10-15(13,14)9-7-12(3)8(2)11-9/h4,7,10H,1,5-6H2,2-3H3. The summed E-state index contributed by atoms with van der Waals surface area (Å²) < 4.78 is 27.4. The van der Waals surface area contributed by atoms with Crippen molar-refractivity contribution in [3.63, 3.8) is 0 Å². The van der Waals surface area contributed by atoms with Gasteiger partial charge in [0.15, 0.2) is 5.03 Å². The van der Waals surface area contributed by atoms with Crippen molar-refractivity contribution in [1.82, 2.24) is 14.3 Å². The van der Waals surface area contributed by atoms with Crippen molar-refractivity contribution >= 4 is 10.0 Å². The van der Waals surface area contributed by atoms with E-state index in [1.807, 2.05) is 0 Å². The van der Waals surface area contributed by atoms with Gasteiger partial charge in [0.25, 0.3) is 10.0 Å². The number of hydrogen-bond donors (Lipinski definition) is 1. The van der Waals surface area contributed by atoms with Crippen molar-refractivity contribution in [2.45, 2.75) is 18.4 Å². The van der Waals surface area contributed by atoms with Crippen LogP contribution in [0.4, 0.5) is 0 Å². The molecule has 6 heteroatoms. The number of aromatic nitrogens is 2. The first-order valence-electron chi connectivity index (χ1n) is 4.58. The highest BCUT2D eigenvalue weighted by Crippen LogP contribution is 2.06. The molecule has 1 aromatic rings. The molecule has 1 N–H and O–H groups in total. The molecule has 1 heterocycles. The quantitative estimate of drug-likeness (QED) is 0.593. The van der Waals surface area contributed by atoms with Crippen LogP contribution in [0.2, 0.25) is 0 Å². The fraction of sp³-hybridized carbons (Fsp3) is 0.444. The van der Waals surface area contributed by atoms with Crippen LogP contribution >= 0.6 is 0 Å². The first-order valence-corrected chi connectivity index (χ1v) is 6.06. The van der Waals surface area contributed by atoms with Crippen LogP contribution < -0.4 is 4.72 Å². The van der Waals surface area contributed by atoms with Crippen LogP contribution in [0.15, 0.2) is 23.9 Å². The molecule has 0 aliphatic carbocycles. The number of nitrogens with zero attached hydrogens (tertiary/aromatic N) is 2. The van der Waals surface area contributed by atoms with Crippen molar-refractivity contribution in [3.05, 3.63) is 24.7 Å². The summed E-state index contributed by atoms with van der Waals surface area (Å²) in [4.78, 5) is 3.95. The molecule has 0 aromatic carbocycles. The maximum absolute atomic E-state index is 11.7. The molecule has 0 amide bonds. The summed E-state index contributed by atoms with van der Waals surface area (Å²) in [7, 11) is -1.71. The lowest BCUT2D eigenvalue weighted by atomic mass is 10.4. The predicted molar refractivity (Wildman–Crippen MR) is 57.9 cm³/mol. The van der Waals surface area contributed by atoms with Crippen molar-refractivity contribution in [2.24, 2.45) is 7.05 Å². The molecule has 1 rings (SSSR count). The minimum absolute atomic E-state index is 0.0616. The minimum Gasteiger partial charge on any atom is -0.337 e. The van der Waals surface area contributed by atoms with Crippen LogP contribution in [0.25, 0.3) is 0 Å². The Labute approximate surface area is 89.9 Å². The van der Waals surface area contributed by atoms with Crippen molar-refractivity contribution < 1.29 is 8.42 Å². The average molecular weight is 229 g/mol. The van der Waals surface area contributed by atoms with Gasteiger partial charge >= 0.3 is 0 Å². The van der Waals surface area contributed by atoms with Crippen LogP contribution in [0.5, 0.6) is 0 Å². The number of hydrogen-bond acceptors (Lipinski definition) is 3. The van der Waals surface area contributed by atoms with E-state index < -0.39 is 10.0 Å². The Bertz CT molecular complexity index is 428. The molecule has 0 unspecified atom stereocenters. The summed E-state index contributed by atoms with van der Waals surface area (Å²) >= 11 is 0. The molecular formula is C9H15N3O2S. The third-order valence-corrected chi connectivity index (χ3v) is 3.33. The van der Waals surface area contributed by atoms with Crippen molar-refractivity contribution in [2.75, 3.05) is 6.54 Å². The number of imidazole rings is 1. The van der Waals surface area contributed by atoms with E-state index in [2.05, 4.69) is 16.3 Å². The molecule has 5 nitrogen and oxygen atoms in total. The molecule has 0 saturated heterocycles. The summed E-state index contributed by atoms with van der Waals surface area (Å²) in [5.74, 6) is 0.666. The summed E-state index contributed by atoms with van der Waals surface area (Å²) in [6.45, 7) is 5.62. The van der Waals surface area contributed by atoms with E-state index >= 15 is 0 Å². The summed E-state index contributed by atoms with van der Waals surface area (Å²) in [6, 6.07) is 0. The largest absolute Gasteiger partial charge is 0.337 e. The second-order valence-electron chi connectivity index (χ2n) is 3.21. The Kier molecular flexibility index (Phi) is 3.65. The van der Waals surface area contributed by atoms with Crippen LogP contribution in [0, 0.1) is 6.92 Å². The first-order chi connectivity index (χ1) is 6.97. The zero-order valence-electron chi connectivity index (χ0n) is 8.90. The van der Waals surface area contributed by atoms with Gasteiger partial charge in [0.05, 0.1) is 0 Å². The maximum atomic E-state index is 11.7. The van der Waals surface area contributed by atoms with E-state index in [9.17, 15) is 8.42 Å². The third-order valence-electron chi connectivity index (χ3n) is 2.00. The highest BCUT2D eigenvalue weighted by molar-refractivity contribution is 7.89. The third kappa shape index (κ3) is 2.90. The lowest BCUT2D eigenvalue weighted by molar-refractivity contribution is 0.578. The zero-order chi connectivity index (χ0) is 11.5. The van der Waals surface area contributed by atoms with Gasteiger partial charge in [-0.3, -0.25) is 0 Å². The monoisotopic (exact) mass is 229 g/mol. The molecule has 0 atom stereocenters. The fourth-order valence-corrected chi connectivity index (χ4v) is 2.11. The highest BCUT2D eigenvalue weighted by atomic mass is 32.2. The summed E-state index contributed by atoms with van der Waals surface area (Å²) in [6.07, 6.45) is 3.75. The zero-order valence-corrected chi connectivity index (χ0v) is 9.71. The van der Waals surface area contributed by atoms with E-state index in [1.54, 1.807) is 24.6 Å². The molecule has 0 bridgehead atoms. The molecule has 15 heavy (non-hydrogen) atoms. The number of sulfonamides is 1. The predicted octanol–water partition coefficient (Wildman–Crippen LogP) is 0.583. The Morgan fingerprint density at radius 3 is 2.80 bits per heavy atom. The highest BCUT2D eigenvalue weighted by Gasteiger charge is 2.17.